The first kappa shape index (κ1) is 13.8. The van der Waals surface area contributed by atoms with Crippen molar-refractivity contribution in [3.8, 4) is 5.75 Å². The Bertz CT molecular complexity index is 403. The van der Waals surface area contributed by atoms with Crippen molar-refractivity contribution < 1.29 is 4.74 Å². The minimum absolute atomic E-state index is 0.460. The molecule has 1 aliphatic rings. The number of halogens is 1. The summed E-state index contributed by atoms with van der Waals surface area (Å²) >= 11 is 3.57. The summed E-state index contributed by atoms with van der Waals surface area (Å²) in [6.45, 7) is 2.23. The molecule has 1 aromatic rings. The fourth-order valence-electron chi connectivity index (χ4n) is 2.81. The summed E-state index contributed by atoms with van der Waals surface area (Å²) in [5, 5.41) is 3.45. The Balaban J connectivity index is 2.27. The molecule has 0 aromatic heterocycles. The molecule has 2 unspecified atom stereocenters. The van der Waals surface area contributed by atoms with Crippen molar-refractivity contribution in [3.63, 3.8) is 0 Å². The van der Waals surface area contributed by atoms with Crippen LogP contribution in [0.2, 0.25) is 0 Å². The highest BCUT2D eigenvalue weighted by Gasteiger charge is 2.28. The average molecular weight is 313 g/mol. The van der Waals surface area contributed by atoms with Gasteiger partial charge in [-0.2, -0.15) is 0 Å². The summed E-state index contributed by atoms with van der Waals surface area (Å²) in [5.74, 6) is 1.57. The lowest BCUT2D eigenvalue weighted by atomic mass is 9.91. The van der Waals surface area contributed by atoms with Crippen LogP contribution in [0, 0.1) is 5.92 Å². The number of benzene rings is 1. The predicted octanol–water partition coefficient (Wildman–Crippen LogP) is 2.67. The SMILES string of the molecule is COc1ccc(C(C2CCNC2)N(C)C)cc1Br. The second kappa shape index (κ2) is 6.04. The van der Waals surface area contributed by atoms with Gasteiger partial charge in [0.05, 0.1) is 11.6 Å². The van der Waals surface area contributed by atoms with Crippen LogP contribution in [-0.4, -0.2) is 39.2 Å². The van der Waals surface area contributed by atoms with E-state index in [0.29, 0.717) is 12.0 Å². The third-order valence-electron chi connectivity index (χ3n) is 3.62. The van der Waals surface area contributed by atoms with Gasteiger partial charge in [-0.25, -0.2) is 0 Å². The first-order valence-corrected chi connectivity index (χ1v) is 7.13. The van der Waals surface area contributed by atoms with Crippen molar-refractivity contribution >= 4 is 15.9 Å². The molecular formula is C14H21BrN2O. The summed E-state index contributed by atoms with van der Waals surface area (Å²) in [4.78, 5) is 2.31. The molecule has 0 radical (unpaired) electrons. The van der Waals surface area contributed by atoms with Crippen LogP contribution in [0.25, 0.3) is 0 Å². The molecule has 2 atom stereocenters. The zero-order chi connectivity index (χ0) is 13.1. The lowest BCUT2D eigenvalue weighted by Crippen LogP contribution is -2.28. The average Bonchev–Trinajstić information content (AvgIpc) is 2.82. The Morgan fingerprint density at radius 1 is 1.44 bits per heavy atom. The van der Waals surface area contributed by atoms with Gasteiger partial charge in [0.1, 0.15) is 5.75 Å². The van der Waals surface area contributed by atoms with Gasteiger partial charge in [0, 0.05) is 6.04 Å². The Morgan fingerprint density at radius 2 is 2.22 bits per heavy atom. The molecule has 0 spiro atoms. The number of hydrogen-bond acceptors (Lipinski definition) is 3. The minimum Gasteiger partial charge on any atom is -0.496 e. The van der Waals surface area contributed by atoms with Crippen LogP contribution in [0.5, 0.6) is 5.75 Å². The van der Waals surface area contributed by atoms with Crippen LogP contribution in [0.15, 0.2) is 22.7 Å². The van der Waals surface area contributed by atoms with Gasteiger partial charge in [-0.15, -0.1) is 0 Å². The zero-order valence-corrected chi connectivity index (χ0v) is 12.8. The largest absolute Gasteiger partial charge is 0.496 e. The fraction of sp³-hybridized carbons (Fsp3) is 0.571. The molecule has 4 heteroatoms. The van der Waals surface area contributed by atoms with Crippen molar-refractivity contribution in [1.29, 1.82) is 0 Å². The number of methoxy groups -OCH3 is 1. The van der Waals surface area contributed by atoms with E-state index in [9.17, 15) is 0 Å². The van der Waals surface area contributed by atoms with E-state index in [1.807, 2.05) is 6.07 Å². The topological polar surface area (TPSA) is 24.5 Å². The standard InChI is InChI=1S/C14H21BrN2O/c1-17(2)14(11-6-7-16-9-11)10-4-5-13(18-3)12(15)8-10/h4-5,8,11,14,16H,6-7,9H2,1-3H3. The minimum atomic E-state index is 0.460. The second-order valence-corrected chi connectivity index (χ2v) is 5.91. The molecule has 1 heterocycles. The van der Waals surface area contributed by atoms with Gasteiger partial charge in [-0.05, 0) is 73.1 Å². The molecule has 1 N–H and O–H groups in total. The lowest BCUT2D eigenvalue weighted by molar-refractivity contribution is 0.223. The van der Waals surface area contributed by atoms with Crippen LogP contribution < -0.4 is 10.1 Å². The Hall–Kier alpha value is -0.580. The number of rotatable bonds is 4. The summed E-state index contributed by atoms with van der Waals surface area (Å²) < 4.78 is 6.32. The summed E-state index contributed by atoms with van der Waals surface area (Å²) in [7, 11) is 6.01. The molecule has 18 heavy (non-hydrogen) atoms. The molecule has 1 aromatic carbocycles. The summed E-state index contributed by atoms with van der Waals surface area (Å²) in [6.07, 6.45) is 1.24. The third kappa shape index (κ3) is 2.87. The third-order valence-corrected chi connectivity index (χ3v) is 4.24. The van der Waals surface area contributed by atoms with E-state index < -0.39 is 0 Å². The van der Waals surface area contributed by atoms with E-state index in [4.69, 9.17) is 4.74 Å². The van der Waals surface area contributed by atoms with E-state index >= 15 is 0 Å². The van der Waals surface area contributed by atoms with Crippen molar-refractivity contribution in [2.24, 2.45) is 5.92 Å². The van der Waals surface area contributed by atoms with Gasteiger partial charge in [-0.3, -0.25) is 0 Å². The first-order chi connectivity index (χ1) is 8.63. The highest BCUT2D eigenvalue weighted by Crippen LogP contribution is 2.35. The number of ether oxygens (including phenoxy) is 1. The molecular weight excluding hydrogens is 292 g/mol. The second-order valence-electron chi connectivity index (χ2n) is 5.06. The van der Waals surface area contributed by atoms with Gasteiger partial charge in [-0.1, -0.05) is 6.07 Å². The van der Waals surface area contributed by atoms with Crippen LogP contribution in [0.3, 0.4) is 0 Å². The molecule has 100 valence electrons. The van der Waals surface area contributed by atoms with Gasteiger partial charge >= 0.3 is 0 Å². The van der Waals surface area contributed by atoms with Gasteiger partial charge < -0.3 is 15.0 Å². The van der Waals surface area contributed by atoms with E-state index in [-0.39, 0.29) is 0 Å². The van der Waals surface area contributed by atoms with E-state index in [2.05, 4.69) is 52.4 Å². The molecule has 0 saturated carbocycles. The number of hydrogen-bond donors (Lipinski definition) is 1. The maximum absolute atomic E-state index is 5.29. The summed E-state index contributed by atoms with van der Waals surface area (Å²) in [5.41, 5.74) is 1.35. The van der Waals surface area contributed by atoms with Gasteiger partial charge in [0.15, 0.2) is 0 Å². The number of nitrogens with zero attached hydrogens (tertiary/aromatic N) is 1. The van der Waals surface area contributed by atoms with E-state index in [1.54, 1.807) is 7.11 Å². The summed E-state index contributed by atoms with van der Waals surface area (Å²) in [6, 6.07) is 6.86. The van der Waals surface area contributed by atoms with Crippen molar-refractivity contribution in [1.82, 2.24) is 10.2 Å². The normalized spacial score (nSPS) is 21.3. The van der Waals surface area contributed by atoms with Crippen LogP contribution >= 0.6 is 15.9 Å². The lowest BCUT2D eigenvalue weighted by Gasteiger charge is -2.30. The van der Waals surface area contributed by atoms with Crippen molar-refractivity contribution in [3.05, 3.63) is 28.2 Å². The Morgan fingerprint density at radius 3 is 2.72 bits per heavy atom. The highest BCUT2D eigenvalue weighted by molar-refractivity contribution is 9.10. The maximum Gasteiger partial charge on any atom is 0.133 e. The van der Waals surface area contributed by atoms with Crippen LogP contribution in [0.1, 0.15) is 18.0 Å². The molecule has 1 saturated heterocycles. The van der Waals surface area contributed by atoms with Crippen LogP contribution in [-0.2, 0) is 0 Å². The van der Waals surface area contributed by atoms with E-state index in [1.165, 1.54) is 12.0 Å². The van der Waals surface area contributed by atoms with Crippen LogP contribution in [0.4, 0.5) is 0 Å². The molecule has 3 nitrogen and oxygen atoms in total. The van der Waals surface area contributed by atoms with E-state index in [0.717, 1.165) is 23.3 Å². The predicted molar refractivity (Wildman–Crippen MR) is 78.1 cm³/mol. The molecule has 2 rings (SSSR count). The quantitative estimate of drug-likeness (QED) is 0.925. The molecule has 1 fully saturated rings. The molecule has 1 aliphatic heterocycles. The van der Waals surface area contributed by atoms with Gasteiger partial charge in [0.2, 0.25) is 0 Å². The Labute approximate surface area is 118 Å². The molecule has 0 aliphatic carbocycles. The fourth-order valence-corrected chi connectivity index (χ4v) is 3.36. The molecule has 0 amide bonds. The smallest absolute Gasteiger partial charge is 0.133 e. The molecule has 0 bridgehead atoms. The zero-order valence-electron chi connectivity index (χ0n) is 11.2. The monoisotopic (exact) mass is 312 g/mol. The van der Waals surface area contributed by atoms with Gasteiger partial charge in [0.25, 0.3) is 0 Å². The van der Waals surface area contributed by atoms with Crippen molar-refractivity contribution in [2.45, 2.75) is 12.5 Å². The Kier molecular flexibility index (Phi) is 4.65. The van der Waals surface area contributed by atoms with Crippen molar-refractivity contribution in [2.75, 3.05) is 34.3 Å². The number of nitrogens with one attached hydrogen (secondary N) is 1. The maximum atomic E-state index is 5.29. The highest BCUT2D eigenvalue weighted by atomic mass is 79.9. The first-order valence-electron chi connectivity index (χ1n) is 6.34.